The number of hydrogen-bond donors (Lipinski definition) is 0. The summed E-state index contributed by atoms with van der Waals surface area (Å²) >= 11 is 0. The largest absolute Gasteiger partial charge is 0.497 e. The minimum atomic E-state index is -0.888. The van der Waals surface area contributed by atoms with Crippen molar-refractivity contribution in [2.45, 2.75) is 94.6 Å². The number of hydrogen-bond acceptors (Lipinski definition) is 7. The molecule has 7 rings (SSSR count). The lowest BCUT2D eigenvalue weighted by molar-refractivity contribution is -0.157. The molecule has 0 N–H and O–H groups in total. The fourth-order valence-electron chi connectivity index (χ4n) is 8.17. The average molecular weight is 666 g/mol. The van der Waals surface area contributed by atoms with E-state index in [1.165, 1.54) is 12.0 Å². The normalized spacial score (nSPS) is 23.4. The molecule has 3 aromatic carbocycles. The maximum absolute atomic E-state index is 15.1. The first-order valence-electron chi connectivity index (χ1n) is 17.4. The van der Waals surface area contributed by atoms with Crippen LogP contribution in [0.5, 0.6) is 5.75 Å². The van der Waals surface area contributed by atoms with Gasteiger partial charge in [0.25, 0.3) is 0 Å². The van der Waals surface area contributed by atoms with E-state index in [9.17, 15) is 14.4 Å². The van der Waals surface area contributed by atoms with Crippen LogP contribution < -0.4 is 9.64 Å². The van der Waals surface area contributed by atoms with Crippen molar-refractivity contribution in [2.24, 2.45) is 0 Å². The van der Waals surface area contributed by atoms with Crippen LogP contribution in [0.1, 0.15) is 73.2 Å². The van der Waals surface area contributed by atoms with Crippen molar-refractivity contribution in [1.82, 2.24) is 9.80 Å². The zero-order valence-electron chi connectivity index (χ0n) is 28.1. The summed E-state index contributed by atoms with van der Waals surface area (Å²) < 4.78 is 16.6. The monoisotopic (exact) mass is 665 g/mol. The Morgan fingerprint density at radius 3 is 2.06 bits per heavy atom. The van der Waals surface area contributed by atoms with Crippen LogP contribution in [0.2, 0.25) is 0 Å². The molecule has 2 fully saturated rings. The molecule has 0 unspecified atom stereocenters. The summed E-state index contributed by atoms with van der Waals surface area (Å²) in [6.07, 6.45) is 5.61. The maximum Gasteiger partial charge on any atom is 0.415 e. The Morgan fingerprint density at radius 1 is 0.673 bits per heavy atom. The van der Waals surface area contributed by atoms with Gasteiger partial charge in [0.1, 0.15) is 30.0 Å². The van der Waals surface area contributed by atoms with Crippen LogP contribution in [-0.2, 0) is 43.2 Å². The van der Waals surface area contributed by atoms with Crippen molar-refractivity contribution in [2.75, 3.05) is 19.1 Å². The van der Waals surface area contributed by atoms with Crippen molar-refractivity contribution in [3.8, 4) is 5.75 Å². The second kappa shape index (κ2) is 13.9. The summed E-state index contributed by atoms with van der Waals surface area (Å²) in [7, 11) is 2.93. The lowest BCUT2D eigenvalue weighted by atomic mass is 9.93. The molecule has 3 aliphatic heterocycles. The van der Waals surface area contributed by atoms with Gasteiger partial charge in [-0.3, -0.25) is 14.5 Å². The van der Waals surface area contributed by atoms with Gasteiger partial charge in [-0.2, -0.15) is 0 Å². The zero-order chi connectivity index (χ0) is 34.1. The van der Waals surface area contributed by atoms with E-state index in [0.29, 0.717) is 37.1 Å². The fraction of sp³-hybridized carbons (Fsp3) is 0.436. The number of carbonyl (C=O) groups is 4. The molecule has 3 amide bonds. The van der Waals surface area contributed by atoms with Crippen LogP contribution >= 0.6 is 0 Å². The number of amides is 3. The van der Waals surface area contributed by atoms with Crippen LogP contribution in [0.15, 0.2) is 72.8 Å². The SMILES string of the molecule is COC(=O)[C@H]1Cc2ccccc2CN1C(=O)[C@H]1CC[C@@H](c2ccc(OC)cc2)N1C(=O)[C@H]1Cc2ccccc2N1C(=O)OC1CCCCC1. The third-order valence-electron chi connectivity index (χ3n) is 10.7. The van der Waals surface area contributed by atoms with Gasteiger partial charge in [0.15, 0.2) is 0 Å². The van der Waals surface area contributed by atoms with Gasteiger partial charge in [-0.25, -0.2) is 9.59 Å². The summed E-state index contributed by atoms with van der Waals surface area (Å²) in [4.78, 5) is 61.7. The molecule has 10 nitrogen and oxygen atoms in total. The molecule has 4 aliphatic rings. The second-order valence-electron chi connectivity index (χ2n) is 13.5. The number of ether oxygens (including phenoxy) is 3. The molecule has 3 heterocycles. The summed E-state index contributed by atoms with van der Waals surface area (Å²) in [5.74, 6) is -0.432. The molecule has 10 heteroatoms. The lowest BCUT2D eigenvalue weighted by Crippen LogP contribution is -2.58. The van der Waals surface area contributed by atoms with Gasteiger partial charge in [0.05, 0.1) is 25.9 Å². The third kappa shape index (κ3) is 6.24. The number of fused-ring (bicyclic) bond motifs is 2. The number of carbonyl (C=O) groups excluding carboxylic acids is 4. The quantitative estimate of drug-likeness (QED) is 0.309. The molecule has 1 saturated heterocycles. The van der Waals surface area contributed by atoms with E-state index >= 15 is 4.79 Å². The van der Waals surface area contributed by atoms with Crippen molar-refractivity contribution < 1.29 is 33.4 Å². The van der Waals surface area contributed by atoms with Crippen LogP contribution in [0.25, 0.3) is 0 Å². The Kier molecular flexibility index (Phi) is 9.29. The summed E-state index contributed by atoms with van der Waals surface area (Å²) in [5, 5.41) is 0. The van der Waals surface area contributed by atoms with Gasteiger partial charge >= 0.3 is 12.1 Å². The second-order valence-corrected chi connectivity index (χ2v) is 13.5. The first-order valence-corrected chi connectivity index (χ1v) is 17.4. The van der Waals surface area contributed by atoms with E-state index in [2.05, 4.69) is 0 Å². The third-order valence-corrected chi connectivity index (χ3v) is 10.7. The molecule has 49 heavy (non-hydrogen) atoms. The van der Waals surface area contributed by atoms with Crippen LogP contribution in [-0.4, -0.2) is 72.1 Å². The van der Waals surface area contributed by atoms with E-state index in [1.807, 2.05) is 72.8 Å². The molecule has 0 aromatic heterocycles. The Bertz CT molecular complexity index is 1720. The topological polar surface area (TPSA) is 106 Å². The first-order chi connectivity index (χ1) is 23.9. The van der Waals surface area contributed by atoms with Crippen molar-refractivity contribution in [1.29, 1.82) is 0 Å². The van der Waals surface area contributed by atoms with Gasteiger partial charge in [-0.05, 0) is 79.0 Å². The van der Waals surface area contributed by atoms with E-state index in [1.54, 1.807) is 16.9 Å². The van der Waals surface area contributed by atoms with E-state index in [4.69, 9.17) is 14.2 Å². The number of benzene rings is 3. The van der Waals surface area contributed by atoms with E-state index < -0.39 is 36.2 Å². The van der Waals surface area contributed by atoms with Gasteiger partial charge in [-0.1, -0.05) is 61.0 Å². The summed E-state index contributed by atoms with van der Waals surface area (Å²) in [6, 6.07) is 19.9. The number of para-hydroxylation sites is 1. The fourth-order valence-corrected chi connectivity index (χ4v) is 8.17. The van der Waals surface area contributed by atoms with Crippen molar-refractivity contribution >= 4 is 29.6 Å². The maximum atomic E-state index is 15.1. The smallest absolute Gasteiger partial charge is 0.415 e. The summed E-state index contributed by atoms with van der Waals surface area (Å²) in [5.41, 5.74) is 4.35. The minimum Gasteiger partial charge on any atom is -0.497 e. The van der Waals surface area contributed by atoms with E-state index in [-0.39, 0.29) is 24.5 Å². The van der Waals surface area contributed by atoms with Gasteiger partial charge < -0.3 is 24.0 Å². The highest BCUT2D eigenvalue weighted by atomic mass is 16.6. The molecule has 0 radical (unpaired) electrons. The number of methoxy groups -OCH3 is 2. The number of nitrogens with zero attached hydrogens (tertiary/aromatic N) is 3. The highest BCUT2D eigenvalue weighted by molar-refractivity contribution is 6.02. The highest BCUT2D eigenvalue weighted by Crippen LogP contribution is 2.42. The molecule has 4 atom stereocenters. The van der Waals surface area contributed by atoms with Crippen molar-refractivity contribution in [3.63, 3.8) is 0 Å². The first kappa shape index (κ1) is 32.7. The number of esters is 1. The predicted molar refractivity (Wildman–Crippen MR) is 182 cm³/mol. The lowest BCUT2D eigenvalue weighted by Gasteiger charge is -2.40. The Morgan fingerprint density at radius 2 is 1.35 bits per heavy atom. The van der Waals surface area contributed by atoms with Gasteiger partial charge in [0, 0.05) is 19.4 Å². The van der Waals surface area contributed by atoms with Gasteiger partial charge in [0.2, 0.25) is 11.8 Å². The molecule has 256 valence electrons. The Labute approximate surface area is 286 Å². The standard InChI is InChI=1S/C39H43N3O7/c1-47-29-18-16-25(17-19-29)32-20-21-33(36(43)40-24-28-12-7-6-10-26(28)22-35(40)38(45)48-2)41(32)37(44)34-23-27-11-8-9-15-31(27)42(34)39(46)49-30-13-4-3-5-14-30/h6-12,15-19,30,32-35H,3-5,13-14,20-24H2,1-2H3/t32-,33+,34+,35+/m0/s1. The molecule has 1 aliphatic carbocycles. The highest BCUT2D eigenvalue weighted by Gasteiger charge is 2.50. The van der Waals surface area contributed by atoms with Crippen LogP contribution in [0.4, 0.5) is 10.5 Å². The molecular weight excluding hydrogens is 622 g/mol. The van der Waals surface area contributed by atoms with E-state index in [0.717, 1.165) is 54.4 Å². The number of rotatable bonds is 6. The summed E-state index contributed by atoms with van der Waals surface area (Å²) in [6.45, 7) is 0.231. The Balaban J connectivity index is 1.24. The zero-order valence-corrected chi connectivity index (χ0v) is 28.1. The predicted octanol–water partition coefficient (Wildman–Crippen LogP) is 5.75. The van der Waals surface area contributed by atoms with Crippen LogP contribution in [0, 0.1) is 0 Å². The molecule has 1 saturated carbocycles. The molecule has 3 aromatic rings. The van der Waals surface area contributed by atoms with Crippen LogP contribution in [0.3, 0.4) is 0 Å². The average Bonchev–Trinajstić information content (AvgIpc) is 3.77. The molecule has 0 spiro atoms. The van der Waals surface area contributed by atoms with Crippen molar-refractivity contribution in [3.05, 3.63) is 95.1 Å². The molecular formula is C39H43N3O7. The Hall–Kier alpha value is -4.86. The number of anilines is 1. The number of likely N-dealkylation sites (tertiary alicyclic amines) is 1. The molecule has 0 bridgehead atoms. The minimum absolute atomic E-state index is 0.185. The van der Waals surface area contributed by atoms with Gasteiger partial charge in [-0.15, -0.1) is 0 Å².